The number of carbonyl (C=O) groups is 2. The molecule has 0 bridgehead atoms. The molecule has 0 aromatic rings. The summed E-state index contributed by atoms with van der Waals surface area (Å²) in [4.78, 5) is 22.7. The van der Waals surface area contributed by atoms with Gasteiger partial charge >= 0.3 is 5.97 Å². The van der Waals surface area contributed by atoms with Crippen LogP contribution < -0.4 is 10.6 Å². The summed E-state index contributed by atoms with van der Waals surface area (Å²) in [5.74, 6) is -0.760. The minimum atomic E-state index is -1.36. The number of aliphatic hydroxyl groups is 4. The summed E-state index contributed by atoms with van der Waals surface area (Å²) in [5.41, 5.74) is 0. The summed E-state index contributed by atoms with van der Waals surface area (Å²) in [7, 11) is 1.28. The maximum absolute atomic E-state index is 11.6. The lowest BCUT2D eigenvalue weighted by atomic mass is 9.93. The molecule has 6 N–H and O–H groups in total. The zero-order chi connectivity index (χ0) is 20.4. The molecule has 1 aliphatic rings. The molecule has 0 spiro atoms. The Morgan fingerprint density at radius 3 is 2.33 bits per heavy atom. The third-order valence-electron chi connectivity index (χ3n) is 4.56. The van der Waals surface area contributed by atoms with Crippen molar-refractivity contribution >= 4 is 11.9 Å². The van der Waals surface area contributed by atoms with Crippen molar-refractivity contribution in [3.8, 4) is 0 Å². The number of carbonyl (C=O) groups excluding carboxylic acids is 2. The van der Waals surface area contributed by atoms with E-state index in [0.717, 1.165) is 6.42 Å². The fraction of sp³-hybridized carbons (Fsp3) is 0.882. The molecular weight excluding hydrogens is 360 g/mol. The van der Waals surface area contributed by atoms with Crippen molar-refractivity contribution in [3.05, 3.63) is 0 Å². The summed E-state index contributed by atoms with van der Waals surface area (Å²) < 4.78 is 10.1. The Kier molecular flexibility index (Phi) is 10.7. The van der Waals surface area contributed by atoms with Crippen molar-refractivity contribution in [2.75, 3.05) is 26.8 Å². The van der Waals surface area contributed by atoms with Gasteiger partial charge in [-0.05, 0) is 38.8 Å². The predicted octanol–water partition coefficient (Wildman–Crippen LogP) is -2.34. The second-order valence-corrected chi connectivity index (χ2v) is 6.68. The van der Waals surface area contributed by atoms with E-state index in [1.165, 1.54) is 14.0 Å². The summed E-state index contributed by atoms with van der Waals surface area (Å²) in [6.45, 7) is 2.07. The molecular formula is C17H32N2O8. The summed E-state index contributed by atoms with van der Waals surface area (Å²) in [6, 6.07) is -0.651. The van der Waals surface area contributed by atoms with E-state index in [1.807, 2.05) is 0 Å². The van der Waals surface area contributed by atoms with Gasteiger partial charge in [0.1, 0.15) is 30.5 Å². The summed E-state index contributed by atoms with van der Waals surface area (Å²) >= 11 is 0. The predicted molar refractivity (Wildman–Crippen MR) is 94.7 cm³/mol. The second-order valence-electron chi connectivity index (χ2n) is 6.68. The van der Waals surface area contributed by atoms with Gasteiger partial charge in [0.15, 0.2) is 0 Å². The maximum atomic E-state index is 11.6. The Morgan fingerprint density at radius 2 is 1.74 bits per heavy atom. The van der Waals surface area contributed by atoms with Gasteiger partial charge in [0.05, 0.1) is 19.8 Å². The van der Waals surface area contributed by atoms with Gasteiger partial charge in [-0.15, -0.1) is 0 Å². The van der Waals surface area contributed by atoms with Gasteiger partial charge in [-0.25, -0.2) is 4.79 Å². The third-order valence-corrected chi connectivity index (χ3v) is 4.56. The maximum Gasteiger partial charge on any atom is 0.328 e. The first-order valence-corrected chi connectivity index (χ1v) is 9.18. The van der Waals surface area contributed by atoms with Crippen molar-refractivity contribution in [1.82, 2.24) is 10.6 Å². The highest BCUT2D eigenvalue weighted by atomic mass is 16.5. The van der Waals surface area contributed by atoms with Crippen LogP contribution in [0.5, 0.6) is 0 Å². The lowest BCUT2D eigenvalue weighted by Crippen LogP contribution is -2.58. The van der Waals surface area contributed by atoms with Crippen LogP contribution in [0.2, 0.25) is 0 Å². The SMILES string of the molecule is COC(=O)[C@H](CCCCNCC[C@H]1O[C@H](CO)[C@H](O)[C@H](O)[C@H]1O)NC(C)=O. The fourth-order valence-electron chi connectivity index (χ4n) is 3.02. The normalized spacial score (nSPS) is 29.2. The molecule has 0 unspecified atom stereocenters. The van der Waals surface area contributed by atoms with Crippen LogP contribution in [0.3, 0.4) is 0 Å². The van der Waals surface area contributed by atoms with Gasteiger partial charge in [0.2, 0.25) is 5.91 Å². The van der Waals surface area contributed by atoms with Crippen LogP contribution in [-0.2, 0) is 19.1 Å². The fourth-order valence-corrected chi connectivity index (χ4v) is 3.02. The van der Waals surface area contributed by atoms with Gasteiger partial charge in [0, 0.05) is 6.92 Å². The Balaban J connectivity index is 2.22. The standard InChI is InChI=1S/C17H32N2O8/c1-10(21)19-11(17(25)26-2)5-3-4-7-18-8-6-12-14(22)16(24)15(23)13(9-20)27-12/h11-16,18,20,22-24H,3-9H2,1-2H3,(H,19,21)/t11-,12+,13+,14-,15-,16+/m0/s1. The van der Waals surface area contributed by atoms with Crippen LogP contribution in [0.15, 0.2) is 0 Å². The van der Waals surface area contributed by atoms with E-state index in [1.54, 1.807) is 0 Å². The molecule has 0 radical (unpaired) electrons. The molecule has 0 aromatic carbocycles. The minimum Gasteiger partial charge on any atom is -0.467 e. The number of amides is 1. The number of hydrogen-bond donors (Lipinski definition) is 6. The Labute approximate surface area is 158 Å². The van der Waals surface area contributed by atoms with Crippen molar-refractivity contribution in [2.45, 2.75) is 69.2 Å². The monoisotopic (exact) mass is 392 g/mol. The number of esters is 1. The van der Waals surface area contributed by atoms with E-state index in [4.69, 9.17) is 9.84 Å². The van der Waals surface area contributed by atoms with Gasteiger partial charge in [-0.2, -0.15) is 0 Å². The molecule has 1 saturated heterocycles. The van der Waals surface area contributed by atoms with E-state index in [-0.39, 0.29) is 5.91 Å². The summed E-state index contributed by atoms with van der Waals surface area (Å²) in [5, 5.41) is 44.3. The molecule has 27 heavy (non-hydrogen) atoms. The van der Waals surface area contributed by atoms with Crippen LogP contribution >= 0.6 is 0 Å². The molecule has 1 aliphatic heterocycles. The first-order valence-electron chi connectivity index (χ1n) is 9.18. The minimum absolute atomic E-state index is 0.289. The van der Waals surface area contributed by atoms with Gasteiger partial charge < -0.3 is 40.5 Å². The molecule has 6 atom stereocenters. The Morgan fingerprint density at radius 1 is 1.07 bits per heavy atom. The highest BCUT2D eigenvalue weighted by Gasteiger charge is 2.42. The van der Waals surface area contributed by atoms with Crippen LogP contribution in [0.1, 0.15) is 32.6 Å². The topological polar surface area (TPSA) is 158 Å². The van der Waals surface area contributed by atoms with Crippen molar-refractivity contribution in [2.24, 2.45) is 0 Å². The molecule has 1 amide bonds. The van der Waals surface area contributed by atoms with E-state index < -0.39 is 49.1 Å². The molecule has 10 heteroatoms. The average Bonchev–Trinajstić information content (AvgIpc) is 2.65. The molecule has 0 aromatic heterocycles. The largest absolute Gasteiger partial charge is 0.467 e. The molecule has 0 aliphatic carbocycles. The van der Waals surface area contributed by atoms with E-state index in [2.05, 4.69) is 15.4 Å². The second kappa shape index (κ2) is 12.2. The molecule has 10 nitrogen and oxygen atoms in total. The number of ether oxygens (including phenoxy) is 2. The summed E-state index contributed by atoms with van der Waals surface area (Å²) in [6.07, 6.45) is -3.16. The molecule has 1 rings (SSSR count). The number of hydrogen-bond acceptors (Lipinski definition) is 9. The number of unbranched alkanes of at least 4 members (excludes halogenated alkanes) is 1. The van der Waals surface area contributed by atoms with Gasteiger partial charge in [-0.1, -0.05) is 0 Å². The van der Waals surface area contributed by atoms with E-state index in [9.17, 15) is 24.9 Å². The zero-order valence-corrected chi connectivity index (χ0v) is 15.8. The third kappa shape index (κ3) is 7.68. The van der Waals surface area contributed by atoms with Crippen LogP contribution in [0, 0.1) is 0 Å². The van der Waals surface area contributed by atoms with Crippen molar-refractivity contribution < 1.29 is 39.5 Å². The Bertz CT molecular complexity index is 462. The zero-order valence-electron chi connectivity index (χ0n) is 15.8. The lowest BCUT2D eigenvalue weighted by Gasteiger charge is -2.40. The van der Waals surface area contributed by atoms with Crippen LogP contribution in [-0.4, -0.2) is 95.7 Å². The van der Waals surface area contributed by atoms with Crippen molar-refractivity contribution in [3.63, 3.8) is 0 Å². The first-order chi connectivity index (χ1) is 12.8. The van der Waals surface area contributed by atoms with Gasteiger partial charge in [0.25, 0.3) is 0 Å². The molecule has 1 fully saturated rings. The number of nitrogens with one attached hydrogen (secondary N) is 2. The molecule has 1 heterocycles. The number of methoxy groups -OCH3 is 1. The molecule has 0 saturated carbocycles. The number of rotatable bonds is 11. The average molecular weight is 392 g/mol. The Hall–Kier alpha value is -1.30. The van der Waals surface area contributed by atoms with Crippen LogP contribution in [0.25, 0.3) is 0 Å². The highest BCUT2D eigenvalue weighted by Crippen LogP contribution is 2.22. The van der Waals surface area contributed by atoms with Crippen molar-refractivity contribution in [1.29, 1.82) is 0 Å². The van der Waals surface area contributed by atoms with Gasteiger partial charge in [-0.3, -0.25) is 4.79 Å². The van der Waals surface area contributed by atoms with Crippen LogP contribution in [0.4, 0.5) is 0 Å². The van der Waals surface area contributed by atoms with E-state index in [0.29, 0.717) is 32.4 Å². The van der Waals surface area contributed by atoms with E-state index >= 15 is 0 Å². The highest BCUT2D eigenvalue weighted by molar-refractivity contribution is 5.83. The smallest absolute Gasteiger partial charge is 0.328 e. The lowest BCUT2D eigenvalue weighted by molar-refractivity contribution is -0.229. The number of aliphatic hydroxyl groups excluding tert-OH is 4. The molecule has 158 valence electrons. The quantitative estimate of drug-likeness (QED) is 0.167. The first kappa shape index (κ1) is 23.7.